The Bertz CT molecular complexity index is 579. The van der Waals surface area contributed by atoms with Crippen molar-refractivity contribution in [3.63, 3.8) is 0 Å². The summed E-state index contributed by atoms with van der Waals surface area (Å²) in [6, 6.07) is 16.0. The first kappa shape index (κ1) is 15.1. The van der Waals surface area contributed by atoms with Crippen molar-refractivity contribution in [2.75, 3.05) is 0 Å². The molecule has 0 saturated carbocycles. The number of amides is 1. The Labute approximate surface area is 124 Å². The van der Waals surface area contributed by atoms with E-state index in [9.17, 15) is 9.90 Å². The number of carbonyl (C=O) groups excluding carboxylic acids is 1. The smallest absolute Gasteiger partial charge is 0.265 e. The number of hydrogen-bond donors (Lipinski definition) is 3. The second-order valence-electron chi connectivity index (χ2n) is 5.28. The zero-order valence-corrected chi connectivity index (χ0v) is 12.2. The van der Waals surface area contributed by atoms with Crippen molar-refractivity contribution in [2.45, 2.75) is 19.9 Å². The molecule has 2 aromatic rings. The average Bonchev–Trinajstić information content (AvgIpc) is 2.49. The molecule has 1 unspecified atom stereocenters. The highest BCUT2D eigenvalue weighted by Crippen LogP contribution is 2.22. The minimum atomic E-state index is -0.167. The molecule has 0 bridgehead atoms. The van der Waals surface area contributed by atoms with E-state index in [0.717, 1.165) is 5.56 Å². The first-order valence-corrected chi connectivity index (χ1v) is 6.98. The molecular weight excluding hydrogens is 264 g/mol. The number of aromatic hydroxyl groups is 1. The van der Waals surface area contributed by atoms with Crippen LogP contribution in [0.5, 0.6) is 5.75 Å². The van der Waals surface area contributed by atoms with E-state index in [1.807, 2.05) is 30.3 Å². The average molecular weight is 284 g/mol. The van der Waals surface area contributed by atoms with E-state index < -0.39 is 0 Å². The quantitative estimate of drug-likeness (QED) is 0.740. The Kier molecular flexibility index (Phi) is 4.95. The van der Waals surface area contributed by atoms with Crippen molar-refractivity contribution in [1.82, 2.24) is 10.9 Å². The lowest BCUT2D eigenvalue weighted by Gasteiger charge is -2.23. The van der Waals surface area contributed by atoms with Crippen LogP contribution in [0.3, 0.4) is 0 Å². The molecule has 21 heavy (non-hydrogen) atoms. The van der Waals surface area contributed by atoms with Crippen LogP contribution in [-0.2, 0) is 0 Å². The van der Waals surface area contributed by atoms with Crippen LogP contribution in [-0.4, -0.2) is 11.0 Å². The highest BCUT2D eigenvalue weighted by Gasteiger charge is 2.16. The Morgan fingerprint density at radius 1 is 1.00 bits per heavy atom. The van der Waals surface area contributed by atoms with E-state index in [1.165, 1.54) is 0 Å². The minimum Gasteiger partial charge on any atom is -0.508 e. The monoisotopic (exact) mass is 284 g/mol. The van der Waals surface area contributed by atoms with E-state index in [2.05, 4.69) is 24.7 Å². The molecule has 0 spiro atoms. The molecule has 0 fully saturated rings. The van der Waals surface area contributed by atoms with Gasteiger partial charge < -0.3 is 5.11 Å². The first-order chi connectivity index (χ1) is 10.1. The van der Waals surface area contributed by atoms with Crippen LogP contribution >= 0.6 is 0 Å². The zero-order chi connectivity index (χ0) is 15.2. The van der Waals surface area contributed by atoms with Crippen molar-refractivity contribution >= 4 is 5.91 Å². The summed E-state index contributed by atoms with van der Waals surface area (Å²) in [5, 5.41) is 9.35. The third kappa shape index (κ3) is 4.07. The summed E-state index contributed by atoms with van der Waals surface area (Å²) in [6.45, 7) is 4.14. The lowest BCUT2D eigenvalue weighted by atomic mass is 9.97. The van der Waals surface area contributed by atoms with E-state index in [-0.39, 0.29) is 23.6 Å². The lowest BCUT2D eigenvalue weighted by Crippen LogP contribution is -2.41. The molecule has 0 saturated heterocycles. The number of hydrazine groups is 1. The lowest BCUT2D eigenvalue weighted by molar-refractivity contribution is 0.0919. The zero-order valence-electron chi connectivity index (χ0n) is 12.2. The summed E-state index contributed by atoms with van der Waals surface area (Å²) in [7, 11) is 0. The Morgan fingerprint density at radius 3 is 2.19 bits per heavy atom. The number of rotatable bonds is 5. The standard InChI is InChI=1S/C17H20N2O2/c1-12(2)16(13-8-10-15(20)11-9-13)18-19-17(21)14-6-4-3-5-7-14/h3-12,16,18,20H,1-2H3,(H,19,21). The molecule has 0 heterocycles. The van der Waals surface area contributed by atoms with Gasteiger partial charge >= 0.3 is 0 Å². The number of carbonyl (C=O) groups is 1. The number of nitrogens with one attached hydrogen (secondary N) is 2. The highest BCUT2D eigenvalue weighted by molar-refractivity contribution is 5.93. The Morgan fingerprint density at radius 2 is 1.62 bits per heavy atom. The molecule has 0 aliphatic heterocycles. The van der Waals surface area contributed by atoms with Crippen molar-refractivity contribution in [1.29, 1.82) is 0 Å². The molecule has 110 valence electrons. The van der Waals surface area contributed by atoms with Gasteiger partial charge in [0, 0.05) is 5.56 Å². The maximum atomic E-state index is 12.0. The number of phenolic OH excluding ortho intramolecular Hbond substituents is 1. The molecule has 1 atom stereocenters. The van der Waals surface area contributed by atoms with Gasteiger partial charge in [0.25, 0.3) is 5.91 Å². The fourth-order valence-electron chi connectivity index (χ4n) is 2.12. The molecule has 0 aromatic heterocycles. The van der Waals surface area contributed by atoms with E-state index in [4.69, 9.17) is 0 Å². The van der Waals surface area contributed by atoms with Gasteiger partial charge in [-0.1, -0.05) is 44.2 Å². The van der Waals surface area contributed by atoms with Crippen LogP contribution in [0, 0.1) is 5.92 Å². The van der Waals surface area contributed by atoms with Gasteiger partial charge in [0.15, 0.2) is 0 Å². The summed E-state index contributed by atoms with van der Waals surface area (Å²) in [4.78, 5) is 12.0. The second-order valence-corrected chi connectivity index (χ2v) is 5.28. The van der Waals surface area contributed by atoms with Crippen molar-refractivity contribution < 1.29 is 9.90 Å². The van der Waals surface area contributed by atoms with E-state index in [1.54, 1.807) is 24.3 Å². The molecule has 0 aliphatic carbocycles. The van der Waals surface area contributed by atoms with Crippen LogP contribution in [0.25, 0.3) is 0 Å². The third-order valence-electron chi connectivity index (χ3n) is 3.30. The normalized spacial score (nSPS) is 12.1. The highest BCUT2D eigenvalue weighted by atomic mass is 16.3. The van der Waals surface area contributed by atoms with Gasteiger partial charge in [0.2, 0.25) is 0 Å². The van der Waals surface area contributed by atoms with Gasteiger partial charge in [-0.3, -0.25) is 10.2 Å². The van der Waals surface area contributed by atoms with Gasteiger partial charge in [-0.05, 0) is 35.7 Å². The van der Waals surface area contributed by atoms with Gasteiger partial charge in [-0.2, -0.15) is 0 Å². The number of benzene rings is 2. The molecule has 1 amide bonds. The Balaban J connectivity index is 2.04. The van der Waals surface area contributed by atoms with Crippen molar-refractivity contribution in [3.05, 3.63) is 65.7 Å². The van der Waals surface area contributed by atoms with Crippen molar-refractivity contribution in [3.8, 4) is 5.75 Å². The van der Waals surface area contributed by atoms with Gasteiger partial charge in [-0.15, -0.1) is 0 Å². The summed E-state index contributed by atoms with van der Waals surface area (Å²) in [5.41, 5.74) is 7.43. The van der Waals surface area contributed by atoms with Gasteiger partial charge in [0.1, 0.15) is 5.75 Å². The van der Waals surface area contributed by atoms with Gasteiger partial charge in [-0.25, -0.2) is 5.43 Å². The minimum absolute atomic E-state index is 0.0294. The molecule has 4 heteroatoms. The maximum absolute atomic E-state index is 12.0. The number of hydrogen-bond acceptors (Lipinski definition) is 3. The summed E-state index contributed by atoms with van der Waals surface area (Å²) in [5.74, 6) is 0.347. The molecular formula is C17H20N2O2. The van der Waals surface area contributed by atoms with Crippen LogP contribution in [0.1, 0.15) is 35.8 Å². The maximum Gasteiger partial charge on any atom is 0.265 e. The Hall–Kier alpha value is -2.33. The molecule has 4 nitrogen and oxygen atoms in total. The summed E-state index contributed by atoms with van der Waals surface area (Å²) < 4.78 is 0. The van der Waals surface area contributed by atoms with Crippen LogP contribution in [0.4, 0.5) is 0 Å². The SMILES string of the molecule is CC(C)C(NNC(=O)c1ccccc1)c1ccc(O)cc1. The largest absolute Gasteiger partial charge is 0.508 e. The fraction of sp³-hybridized carbons (Fsp3) is 0.235. The third-order valence-corrected chi connectivity index (χ3v) is 3.30. The van der Waals surface area contributed by atoms with Crippen molar-refractivity contribution in [2.24, 2.45) is 5.92 Å². The predicted octanol–water partition coefficient (Wildman–Crippen LogP) is 3.02. The molecule has 2 rings (SSSR count). The van der Waals surface area contributed by atoms with Crippen LogP contribution in [0.2, 0.25) is 0 Å². The summed E-state index contributed by atoms with van der Waals surface area (Å²) >= 11 is 0. The van der Waals surface area contributed by atoms with Crippen LogP contribution in [0.15, 0.2) is 54.6 Å². The topological polar surface area (TPSA) is 61.4 Å². The summed E-state index contributed by atoms with van der Waals surface area (Å²) in [6.07, 6.45) is 0. The van der Waals surface area contributed by atoms with Crippen LogP contribution < -0.4 is 10.9 Å². The number of phenols is 1. The molecule has 0 aliphatic rings. The van der Waals surface area contributed by atoms with E-state index >= 15 is 0 Å². The van der Waals surface area contributed by atoms with Gasteiger partial charge in [0.05, 0.1) is 6.04 Å². The molecule has 3 N–H and O–H groups in total. The molecule has 2 aromatic carbocycles. The van der Waals surface area contributed by atoms with E-state index in [0.29, 0.717) is 5.56 Å². The fourth-order valence-corrected chi connectivity index (χ4v) is 2.12. The predicted molar refractivity (Wildman–Crippen MR) is 82.7 cm³/mol. The second kappa shape index (κ2) is 6.90. The molecule has 0 radical (unpaired) electrons. The first-order valence-electron chi connectivity index (χ1n) is 6.98.